The lowest BCUT2D eigenvalue weighted by molar-refractivity contribution is -0.129. The lowest BCUT2D eigenvalue weighted by Gasteiger charge is -2.41. The van der Waals surface area contributed by atoms with Crippen LogP contribution in [0, 0.1) is 0 Å². The van der Waals surface area contributed by atoms with Gasteiger partial charge in [-0.15, -0.1) is 0 Å². The number of pyridine rings is 1. The molecule has 0 bridgehead atoms. The summed E-state index contributed by atoms with van der Waals surface area (Å²) in [5, 5.41) is 6.31. The molecule has 2 atom stereocenters. The Balaban J connectivity index is 1.41. The molecule has 0 spiro atoms. The lowest BCUT2D eigenvalue weighted by atomic mass is 10.1. The summed E-state index contributed by atoms with van der Waals surface area (Å²) in [5.41, 5.74) is 1.25. The number of hydrogen-bond acceptors (Lipinski definition) is 7. The zero-order chi connectivity index (χ0) is 21.3. The highest BCUT2D eigenvalue weighted by Gasteiger charge is 2.28. The van der Waals surface area contributed by atoms with Gasteiger partial charge >= 0.3 is 0 Å². The van der Waals surface area contributed by atoms with E-state index in [1.54, 1.807) is 19.3 Å². The van der Waals surface area contributed by atoms with Crippen molar-refractivity contribution in [1.82, 2.24) is 20.1 Å². The molecule has 2 aliphatic rings. The third-order valence-electron chi connectivity index (χ3n) is 5.67. The third kappa shape index (κ3) is 4.21. The molecule has 1 N–H and O–H groups in total. The minimum atomic E-state index is -0.396. The maximum absolute atomic E-state index is 11.7. The smallest absolute Gasteiger partial charge is 0.285 e. The van der Waals surface area contributed by atoms with Gasteiger partial charge in [0.15, 0.2) is 0 Å². The van der Waals surface area contributed by atoms with E-state index in [9.17, 15) is 9.59 Å². The molecule has 2 aromatic rings. The summed E-state index contributed by atoms with van der Waals surface area (Å²) in [7, 11) is 0. The summed E-state index contributed by atoms with van der Waals surface area (Å²) in [4.78, 5) is 33.9. The van der Waals surface area contributed by atoms with Crippen LogP contribution in [0.15, 0.2) is 29.3 Å². The average molecular weight is 433 g/mol. The summed E-state index contributed by atoms with van der Waals surface area (Å²) in [6.07, 6.45) is 4.05. The van der Waals surface area contributed by atoms with Gasteiger partial charge in [-0.3, -0.25) is 9.59 Å². The molecule has 10 heteroatoms. The number of carbonyl (C=O) groups excluding carboxylic acids is 1. The predicted octanol–water partition coefficient (Wildman–Crippen LogP) is 1.53. The molecule has 4 rings (SSSR count). The number of aromatic nitrogens is 3. The number of ether oxygens (including phenoxy) is 1. The van der Waals surface area contributed by atoms with Crippen molar-refractivity contribution in [2.24, 2.45) is 0 Å². The summed E-state index contributed by atoms with van der Waals surface area (Å²) < 4.78 is 6.13. The second kappa shape index (κ2) is 8.51. The number of anilines is 2. The summed E-state index contributed by atoms with van der Waals surface area (Å²) in [6.45, 7) is 7.24. The Kier molecular flexibility index (Phi) is 5.80. The van der Waals surface area contributed by atoms with Crippen LogP contribution in [0.1, 0.15) is 20.3 Å². The molecule has 9 nitrogen and oxygen atoms in total. The fraction of sp³-hybridized carbons (Fsp3) is 0.500. The molecule has 2 fully saturated rings. The minimum absolute atomic E-state index is 0.0601. The number of carbonyl (C=O) groups is 1. The van der Waals surface area contributed by atoms with Gasteiger partial charge in [-0.25, -0.2) is 10.1 Å². The Hall–Kier alpha value is -2.81. The van der Waals surface area contributed by atoms with Crippen molar-refractivity contribution in [3.05, 3.63) is 39.9 Å². The predicted molar refractivity (Wildman–Crippen MR) is 114 cm³/mol. The van der Waals surface area contributed by atoms with E-state index in [1.165, 1.54) is 0 Å². The first-order chi connectivity index (χ1) is 14.4. The molecule has 2 saturated heterocycles. The topological polar surface area (TPSA) is 94.7 Å². The molecule has 2 aliphatic heterocycles. The van der Waals surface area contributed by atoms with Gasteiger partial charge < -0.3 is 19.4 Å². The highest BCUT2D eigenvalue weighted by molar-refractivity contribution is 6.33. The highest BCUT2D eigenvalue weighted by Crippen LogP contribution is 2.28. The summed E-state index contributed by atoms with van der Waals surface area (Å²) >= 11 is 6.12. The summed E-state index contributed by atoms with van der Waals surface area (Å²) in [5.74, 6) is 0.678. The van der Waals surface area contributed by atoms with Crippen LogP contribution < -0.4 is 20.1 Å². The Labute approximate surface area is 179 Å². The maximum atomic E-state index is 11.7. The molecule has 4 heterocycles. The molecule has 0 unspecified atom stereocenters. The van der Waals surface area contributed by atoms with Crippen LogP contribution in [-0.2, 0) is 4.79 Å². The van der Waals surface area contributed by atoms with Crippen LogP contribution >= 0.6 is 11.6 Å². The largest absolute Gasteiger partial charge is 0.472 e. The van der Waals surface area contributed by atoms with Crippen LogP contribution in [0.4, 0.5) is 11.4 Å². The maximum Gasteiger partial charge on any atom is 0.285 e. The van der Waals surface area contributed by atoms with Crippen molar-refractivity contribution in [2.45, 2.75) is 32.4 Å². The van der Waals surface area contributed by atoms with Gasteiger partial charge in [0, 0.05) is 63.5 Å². The molecule has 30 heavy (non-hydrogen) atoms. The van der Waals surface area contributed by atoms with Crippen LogP contribution in [0.2, 0.25) is 5.02 Å². The Morgan fingerprint density at radius 3 is 2.90 bits per heavy atom. The van der Waals surface area contributed by atoms with Crippen molar-refractivity contribution in [1.29, 1.82) is 0 Å². The Bertz CT molecular complexity index is 983. The number of halogens is 1. The normalized spacial score (nSPS) is 21.8. The number of H-pyrrole nitrogens is 1. The summed E-state index contributed by atoms with van der Waals surface area (Å²) in [6, 6.07) is 4.13. The number of hydrogen-bond donors (Lipinski definition) is 1. The van der Waals surface area contributed by atoms with Gasteiger partial charge in [-0.2, -0.15) is 5.10 Å². The molecule has 0 saturated carbocycles. The van der Waals surface area contributed by atoms with E-state index in [2.05, 4.69) is 27.0 Å². The van der Waals surface area contributed by atoms with Crippen LogP contribution in [0.25, 0.3) is 0 Å². The molecule has 1 amide bonds. The monoisotopic (exact) mass is 432 g/mol. The number of aromatic amines is 1. The molecule has 160 valence electrons. The zero-order valence-corrected chi connectivity index (χ0v) is 17.8. The van der Waals surface area contributed by atoms with Crippen molar-refractivity contribution in [3.8, 4) is 5.88 Å². The zero-order valence-electron chi connectivity index (χ0n) is 17.0. The van der Waals surface area contributed by atoms with Gasteiger partial charge in [0.2, 0.25) is 11.8 Å². The third-order valence-corrected chi connectivity index (χ3v) is 6.04. The van der Waals surface area contributed by atoms with E-state index in [0.29, 0.717) is 31.2 Å². The molecule has 0 aromatic carbocycles. The van der Waals surface area contributed by atoms with E-state index >= 15 is 0 Å². The van der Waals surface area contributed by atoms with Gasteiger partial charge in [-0.05, 0) is 13.0 Å². The first-order valence-corrected chi connectivity index (χ1v) is 10.4. The molecular weight excluding hydrogens is 408 g/mol. The van der Waals surface area contributed by atoms with Gasteiger partial charge in [0.05, 0.1) is 18.4 Å². The number of rotatable bonds is 4. The van der Waals surface area contributed by atoms with Crippen molar-refractivity contribution >= 4 is 28.9 Å². The average Bonchev–Trinajstić information content (AvgIpc) is 3.18. The number of nitrogens with zero attached hydrogens (tertiary/aromatic N) is 5. The fourth-order valence-electron chi connectivity index (χ4n) is 4.08. The second-order valence-corrected chi connectivity index (χ2v) is 8.11. The van der Waals surface area contributed by atoms with Crippen LogP contribution in [0.5, 0.6) is 5.88 Å². The first-order valence-electron chi connectivity index (χ1n) is 10.1. The molecule has 2 aromatic heterocycles. The number of amides is 1. The standard InChI is InChI=1S/C20H25ClN6O3/c1-13-11-25(14(2)28)7-8-27(13)15-3-5-22-18(9-15)30-16-4-6-26(12-16)17-10-23-24-20(29)19(17)21/h3,5,9-10,13,16H,4,6-8,11-12H2,1-2H3,(H,24,29)/t13-,16+/m0/s1. The minimum Gasteiger partial charge on any atom is -0.472 e. The van der Waals surface area contributed by atoms with E-state index in [-0.39, 0.29) is 23.1 Å². The quantitative estimate of drug-likeness (QED) is 0.782. The van der Waals surface area contributed by atoms with Crippen molar-refractivity contribution < 1.29 is 9.53 Å². The van der Waals surface area contributed by atoms with E-state index in [1.807, 2.05) is 21.9 Å². The van der Waals surface area contributed by atoms with Crippen LogP contribution in [-0.4, -0.2) is 70.9 Å². The SMILES string of the molecule is CC(=O)N1CCN(c2ccnc(O[C@@H]3CCN(c4cn[nH]c(=O)c4Cl)C3)c2)[C@@H](C)C1. The molecule has 0 aliphatic carbocycles. The van der Waals surface area contributed by atoms with Gasteiger partial charge in [-0.1, -0.05) is 11.6 Å². The van der Waals surface area contributed by atoms with Crippen LogP contribution in [0.3, 0.4) is 0 Å². The van der Waals surface area contributed by atoms with Gasteiger partial charge in [0.1, 0.15) is 11.1 Å². The fourth-order valence-corrected chi connectivity index (χ4v) is 4.29. The van der Waals surface area contributed by atoms with E-state index in [0.717, 1.165) is 25.2 Å². The first kappa shape index (κ1) is 20.5. The number of piperazine rings is 1. The second-order valence-electron chi connectivity index (χ2n) is 7.73. The van der Waals surface area contributed by atoms with Gasteiger partial charge in [0.25, 0.3) is 5.56 Å². The Morgan fingerprint density at radius 1 is 1.30 bits per heavy atom. The lowest BCUT2D eigenvalue weighted by Crippen LogP contribution is -2.53. The van der Waals surface area contributed by atoms with Crippen molar-refractivity contribution in [3.63, 3.8) is 0 Å². The van der Waals surface area contributed by atoms with E-state index < -0.39 is 5.56 Å². The highest BCUT2D eigenvalue weighted by atomic mass is 35.5. The van der Waals surface area contributed by atoms with Crippen molar-refractivity contribution in [2.75, 3.05) is 42.5 Å². The molecular formula is C20H25ClN6O3. The Morgan fingerprint density at radius 2 is 2.13 bits per heavy atom. The van der Waals surface area contributed by atoms with E-state index in [4.69, 9.17) is 16.3 Å². The number of nitrogens with one attached hydrogen (secondary N) is 1. The molecule has 0 radical (unpaired) electrons.